The topological polar surface area (TPSA) is 51.4 Å². The molecule has 1 fully saturated rings. The second kappa shape index (κ2) is 7.76. The molecule has 0 aliphatic carbocycles. The van der Waals surface area contributed by atoms with E-state index in [-0.39, 0.29) is 6.04 Å². The number of ether oxygens (including phenoxy) is 1. The highest BCUT2D eigenvalue weighted by Crippen LogP contribution is 2.23. The molecule has 22 heavy (non-hydrogen) atoms. The van der Waals surface area contributed by atoms with Gasteiger partial charge >= 0.3 is 0 Å². The molecular formula is C16H21N3O2S. The van der Waals surface area contributed by atoms with Gasteiger partial charge in [0.2, 0.25) is 5.89 Å². The summed E-state index contributed by atoms with van der Waals surface area (Å²) in [5, 5.41) is 3.89. The first-order chi connectivity index (χ1) is 10.8. The summed E-state index contributed by atoms with van der Waals surface area (Å²) in [6.07, 6.45) is 0. The molecule has 0 radical (unpaired) electrons. The lowest BCUT2D eigenvalue weighted by atomic mass is 10.2. The normalized spacial score (nSPS) is 19.4. The van der Waals surface area contributed by atoms with Gasteiger partial charge in [0.15, 0.2) is 5.82 Å². The molecule has 1 aromatic heterocycles. The fourth-order valence-electron chi connectivity index (χ4n) is 2.53. The average Bonchev–Trinajstić information content (AvgIpc) is 2.99. The molecule has 0 saturated carbocycles. The lowest BCUT2D eigenvalue weighted by Crippen LogP contribution is -2.40. The van der Waals surface area contributed by atoms with Gasteiger partial charge in [-0.2, -0.15) is 16.7 Å². The van der Waals surface area contributed by atoms with Crippen LogP contribution in [0.3, 0.4) is 0 Å². The Balaban J connectivity index is 1.49. The van der Waals surface area contributed by atoms with E-state index >= 15 is 0 Å². The molecule has 2 aromatic rings. The summed E-state index contributed by atoms with van der Waals surface area (Å²) in [6, 6.07) is 10.7. The number of benzene rings is 1. The molecule has 5 nitrogen and oxygen atoms in total. The van der Waals surface area contributed by atoms with Crippen LogP contribution in [0, 0.1) is 6.92 Å². The van der Waals surface area contributed by atoms with E-state index in [0.29, 0.717) is 18.3 Å². The van der Waals surface area contributed by atoms with Gasteiger partial charge in [0.1, 0.15) is 6.04 Å². The van der Waals surface area contributed by atoms with Gasteiger partial charge < -0.3 is 9.26 Å². The number of hydrogen-bond acceptors (Lipinski definition) is 6. The predicted octanol–water partition coefficient (Wildman–Crippen LogP) is 2.68. The first-order valence-electron chi connectivity index (χ1n) is 7.56. The maximum atomic E-state index is 5.58. The van der Waals surface area contributed by atoms with Crippen molar-refractivity contribution >= 4 is 11.8 Å². The summed E-state index contributed by atoms with van der Waals surface area (Å²) in [5.41, 5.74) is 1.37. The average molecular weight is 319 g/mol. The molecule has 2 heterocycles. The minimum atomic E-state index is 0.0901. The van der Waals surface area contributed by atoms with E-state index in [1.807, 2.05) is 18.7 Å². The van der Waals surface area contributed by atoms with Crippen molar-refractivity contribution in [1.29, 1.82) is 0 Å². The Hall–Kier alpha value is -1.37. The van der Waals surface area contributed by atoms with E-state index in [9.17, 15) is 0 Å². The highest BCUT2D eigenvalue weighted by molar-refractivity contribution is 7.98. The Morgan fingerprint density at radius 2 is 2.18 bits per heavy atom. The molecule has 0 spiro atoms. The lowest BCUT2D eigenvalue weighted by Gasteiger charge is -2.33. The van der Waals surface area contributed by atoms with E-state index < -0.39 is 0 Å². The largest absolute Gasteiger partial charge is 0.378 e. The zero-order valence-corrected chi connectivity index (χ0v) is 13.6. The molecule has 3 rings (SSSR count). The van der Waals surface area contributed by atoms with Crippen LogP contribution >= 0.6 is 11.8 Å². The SMILES string of the molecule is Cc1noc([C@@H]2COCCN2CCSCc2ccccc2)n1. The third-order valence-corrected chi connectivity index (χ3v) is 4.71. The van der Waals surface area contributed by atoms with Gasteiger partial charge in [-0.05, 0) is 12.5 Å². The molecule has 0 unspecified atom stereocenters. The van der Waals surface area contributed by atoms with Gasteiger partial charge in [-0.25, -0.2) is 0 Å². The summed E-state index contributed by atoms with van der Waals surface area (Å²) in [4.78, 5) is 6.74. The van der Waals surface area contributed by atoms with Crippen molar-refractivity contribution in [2.45, 2.75) is 18.7 Å². The first-order valence-corrected chi connectivity index (χ1v) is 8.72. The maximum Gasteiger partial charge on any atom is 0.246 e. The molecule has 1 aromatic carbocycles. The van der Waals surface area contributed by atoms with Crippen molar-refractivity contribution in [2.24, 2.45) is 0 Å². The Morgan fingerprint density at radius 3 is 2.95 bits per heavy atom. The predicted molar refractivity (Wildman–Crippen MR) is 86.8 cm³/mol. The number of aryl methyl sites for hydroxylation is 1. The van der Waals surface area contributed by atoms with Crippen molar-refractivity contribution in [3.63, 3.8) is 0 Å². The van der Waals surface area contributed by atoms with Gasteiger partial charge in [0, 0.05) is 24.6 Å². The second-order valence-electron chi connectivity index (χ2n) is 5.34. The summed E-state index contributed by atoms with van der Waals surface area (Å²) in [7, 11) is 0. The standard InChI is InChI=1S/C16H21N3O2S/c1-13-17-16(21-18-13)15-11-20-9-7-19(15)8-10-22-12-14-5-3-2-4-6-14/h2-6,15H,7-12H2,1H3/t15-/m0/s1. The molecule has 6 heteroatoms. The number of aromatic nitrogens is 2. The van der Waals surface area contributed by atoms with E-state index in [2.05, 4.69) is 45.4 Å². The van der Waals surface area contributed by atoms with Crippen molar-refractivity contribution < 1.29 is 9.26 Å². The highest BCUT2D eigenvalue weighted by atomic mass is 32.2. The van der Waals surface area contributed by atoms with Gasteiger partial charge in [-0.15, -0.1) is 0 Å². The second-order valence-corrected chi connectivity index (χ2v) is 6.45. The fourth-order valence-corrected chi connectivity index (χ4v) is 3.46. The van der Waals surface area contributed by atoms with Gasteiger partial charge in [0.25, 0.3) is 0 Å². The summed E-state index contributed by atoms with van der Waals surface area (Å²) >= 11 is 1.95. The smallest absolute Gasteiger partial charge is 0.246 e. The molecule has 0 amide bonds. The van der Waals surface area contributed by atoms with Crippen molar-refractivity contribution in [3.05, 3.63) is 47.6 Å². The summed E-state index contributed by atoms with van der Waals surface area (Å²) < 4.78 is 10.9. The third-order valence-electron chi connectivity index (χ3n) is 3.70. The van der Waals surface area contributed by atoms with Crippen LogP contribution < -0.4 is 0 Å². The molecular weight excluding hydrogens is 298 g/mol. The van der Waals surface area contributed by atoms with Gasteiger partial charge in [-0.3, -0.25) is 4.90 Å². The van der Waals surface area contributed by atoms with E-state index in [4.69, 9.17) is 9.26 Å². The zero-order valence-electron chi connectivity index (χ0n) is 12.8. The third kappa shape index (κ3) is 4.09. The van der Waals surface area contributed by atoms with E-state index in [1.165, 1.54) is 5.56 Å². The number of nitrogens with zero attached hydrogens (tertiary/aromatic N) is 3. The molecule has 0 N–H and O–H groups in total. The summed E-state index contributed by atoms with van der Waals surface area (Å²) in [5.74, 6) is 3.48. The molecule has 1 aliphatic heterocycles. The quantitative estimate of drug-likeness (QED) is 0.763. The van der Waals surface area contributed by atoms with Crippen LogP contribution in [0.1, 0.15) is 23.3 Å². The van der Waals surface area contributed by atoms with Crippen LogP contribution in [0.25, 0.3) is 0 Å². The molecule has 1 saturated heterocycles. The number of morpholine rings is 1. The number of thioether (sulfide) groups is 1. The molecule has 1 aliphatic rings. The minimum absolute atomic E-state index is 0.0901. The van der Waals surface area contributed by atoms with Crippen molar-refractivity contribution in [2.75, 3.05) is 32.1 Å². The fraction of sp³-hybridized carbons (Fsp3) is 0.500. The highest BCUT2D eigenvalue weighted by Gasteiger charge is 2.28. The van der Waals surface area contributed by atoms with Crippen molar-refractivity contribution in [1.82, 2.24) is 15.0 Å². The number of rotatable bonds is 6. The zero-order chi connectivity index (χ0) is 15.2. The lowest BCUT2D eigenvalue weighted by molar-refractivity contribution is -0.0167. The Labute approximate surface area is 135 Å². The first kappa shape index (κ1) is 15.5. The minimum Gasteiger partial charge on any atom is -0.378 e. The van der Waals surface area contributed by atoms with Crippen LogP contribution in [0.2, 0.25) is 0 Å². The Morgan fingerprint density at radius 1 is 1.32 bits per heavy atom. The number of hydrogen-bond donors (Lipinski definition) is 0. The molecule has 0 bridgehead atoms. The maximum absolute atomic E-state index is 5.58. The van der Waals surface area contributed by atoms with Crippen LogP contribution in [0.5, 0.6) is 0 Å². The molecule has 118 valence electrons. The van der Waals surface area contributed by atoms with E-state index in [1.54, 1.807) is 0 Å². The summed E-state index contributed by atoms with van der Waals surface area (Å²) in [6.45, 7) is 5.17. The van der Waals surface area contributed by atoms with Crippen LogP contribution in [-0.4, -0.2) is 47.1 Å². The monoisotopic (exact) mass is 319 g/mol. The van der Waals surface area contributed by atoms with Crippen molar-refractivity contribution in [3.8, 4) is 0 Å². The van der Waals surface area contributed by atoms with E-state index in [0.717, 1.165) is 31.2 Å². The van der Waals surface area contributed by atoms with Crippen LogP contribution in [0.4, 0.5) is 0 Å². The van der Waals surface area contributed by atoms with Gasteiger partial charge in [0.05, 0.1) is 13.2 Å². The van der Waals surface area contributed by atoms with Gasteiger partial charge in [-0.1, -0.05) is 35.5 Å². The molecule has 1 atom stereocenters. The Bertz CT molecular complexity index is 576. The Kier molecular flexibility index (Phi) is 5.48. The van der Waals surface area contributed by atoms with Crippen LogP contribution in [0.15, 0.2) is 34.9 Å². The van der Waals surface area contributed by atoms with Crippen LogP contribution in [-0.2, 0) is 10.5 Å².